The molecular weight excluding hydrogens is 194 g/mol. The van der Waals surface area contributed by atoms with E-state index in [2.05, 4.69) is 9.72 Å². The average Bonchev–Trinajstić information content (AvgIpc) is 2.29. The summed E-state index contributed by atoms with van der Waals surface area (Å²) < 4.78 is 4.60. The van der Waals surface area contributed by atoms with Crippen molar-refractivity contribution in [3.63, 3.8) is 0 Å². The number of hydrogen-bond acceptors (Lipinski definition) is 4. The van der Waals surface area contributed by atoms with E-state index in [9.17, 15) is 4.79 Å². The first-order valence-corrected chi connectivity index (χ1v) is 4.91. The van der Waals surface area contributed by atoms with E-state index >= 15 is 0 Å². The molecule has 4 nitrogen and oxygen atoms in total. The van der Waals surface area contributed by atoms with Gasteiger partial charge in [-0.3, -0.25) is 4.98 Å². The Bertz CT molecular complexity index is 325. The Morgan fingerprint density at radius 1 is 1.47 bits per heavy atom. The third-order valence-corrected chi connectivity index (χ3v) is 2.09. The molecule has 0 saturated carbocycles. The minimum atomic E-state index is -0.369. The van der Waals surface area contributed by atoms with Crippen molar-refractivity contribution in [2.45, 2.75) is 19.3 Å². The lowest BCUT2D eigenvalue weighted by Gasteiger charge is -2.02. The van der Waals surface area contributed by atoms with Crippen LogP contribution >= 0.6 is 0 Å². The van der Waals surface area contributed by atoms with Gasteiger partial charge in [0.05, 0.1) is 12.7 Å². The van der Waals surface area contributed by atoms with E-state index in [-0.39, 0.29) is 12.6 Å². The molecule has 0 radical (unpaired) electrons. The van der Waals surface area contributed by atoms with Gasteiger partial charge < -0.3 is 9.84 Å². The smallest absolute Gasteiger partial charge is 0.339 e. The fourth-order valence-electron chi connectivity index (χ4n) is 1.29. The molecule has 0 aliphatic carbocycles. The standard InChI is InChI=1S/C11H15NO3/c1-15-11(14)10-6-9(7-12-8-10)4-2-3-5-13/h6-8,13H,2-5H2,1H3. The van der Waals surface area contributed by atoms with Crippen molar-refractivity contribution >= 4 is 5.97 Å². The fourth-order valence-corrected chi connectivity index (χ4v) is 1.29. The van der Waals surface area contributed by atoms with Gasteiger partial charge >= 0.3 is 5.97 Å². The normalized spacial score (nSPS) is 10.0. The number of aromatic nitrogens is 1. The van der Waals surface area contributed by atoms with Crippen molar-refractivity contribution in [2.24, 2.45) is 0 Å². The van der Waals surface area contributed by atoms with Crippen LogP contribution in [-0.2, 0) is 11.2 Å². The molecule has 0 unspecified atom stereocenters. The molecule has 1 N–H and O–H groups in total. The van der Waals surface area contributed by atoms with Crippen molar-refractivity contribution in [1.29, 1.82) is 0 Å². The predicted octanol–water partition coefficient (Wildman–Crippen LogP) is 1.18. The minimum absolute atomic E-state index is 0.199. The van der Waals surface area contributed by atoms with Crippen LogP contribution in [-0.4, -0.2) is 29.8 Å². The average molecular weight is 209 g/mol. The van der Waals surface area contributed by atoms with E-state index in [0.29, 0.717) is 5.56 Å². The Hall–Kier alpha value is -1.42. The van der Waals surface area contributed by atoms with E-state index in [1.807, 2.05) is 0 Å². The number of aliphatic hydroxyl groups is 1. The molecule has 82 valence electrons. The number of unbranched alkanes of at least 4 members (excludes halogenated alkanes) is 1. The summed E-state index contributed by atoms with van der Waals surface area (Å²) in [5, 5.41) is 8.64. The van der Waals surface area contributed by atoms with Crippen LogP contribution in [0.3, 0.4) is 0 Å². The van der Waals surface area contributed by atoms with E-state index in [1.54, 1.807) is 12.3 Å². The molecule has 0 spiro atoms. The first kappa shape index (κ1) is 11.7. The first-order valence-electron chi connectivity index (χ1n) is 4.91. The molecule has 0 fully saturated rings. The summed E-state index contributed by atoms with van der Waals surface area (Å²) in [5.74, 6) is -0.369. The lowest BCUT2D eigenvalue weighted by atomic mass is 10.1. The Labute approximate surface area is 88.9 Å². The van der Waals surface area contributed by atoms with Crippen LogP contribution in [0.15, 0.2) is 18.5 Å². The van der Waals surface area contributed by atoms with Crippen LogP contribution in [0.5, 0.6) is 0 Å². The van der Waals surface area contributed by atoms with Crippen LogP contribution in [0, 0.1) is 0 Å². The van der Waals surface area contributed by atoms with E-state index < -0.39 is 0 Å². The first-order chi connectivity index (χ1) is 7.27. The summed E-state index contributed by atoms with van der Waals surface area (Å²) in [4.78, 5) is 15.2. The predicted molar refractivity (Wildman–Crippen MR) is 55.6 cm³/mol. The molecule has 0 bridgehead atoms. The maximum Gasteiger partial charge on any atom is 0.339 e. The highest BCUT2D eigenvalue weighted by molar-refractivity contribution is 5.89. The number of aryl methyl sites for hydroxylation is 1. The molecule has 1 rings (SSSR count). The Morgan fingerprint density at radius 2 is 2.27 bits per heavy atom. The number of pyridine rings is 1. The van der Waals surface area contributed by atoms with Gasteiger partial charge in [0, 0.05) is 19.0 Å². The maximum absolute atomic E-state index is 11.2. The van der Waals surface area contributed by atoms with Crippen molar-refractivity contribution in [3.8, 4) is 0 Å². The van der Waals surface area contributed by atoms with Gasteiger partial charge in [-0.15, -0.1) is 0 Å². The number of methoxy groups -OCH3 is 1. The maximum atomic E-state index is 11.2. The van der Waals surface area contributed by atoms with Crippen molar-refractivity contribution in [3.05, 3.63) is 29.6 Å². The van der Waals surface area contributed by atoms with E-state index in [1.165, 1.54) is 13.3 Å². The molecule has 0 aliphatic heterocycles. The van der Waals surface area contributed by atoms with Crippen molar-refractivity contribution in [1.82, 2.24) is 4.98 Å². The lowest BCUT2D eigenvalue weighted by Crippen LogP contribution is -2.02. The zero-order valence-electron chi connectivity index (χ0n) is 8.77. The molecule has 1 aromatic heterocycles. The van der Waals surface area contributed by atoms with Crippen LogP contribution in [0.25, 0.3) is 0 Å². The Balaban J connectivity index is 2.62. The third kappa shape index (κ3) is 3.67. The SMILES string of the molecule is COC(=O)c1cncc(CCCCO)c1. The van der Waals surface area contributed by atoms with E-state index in [4.69, 9.17) is 5.11 Å². The molecule has 1 aromatic rings. The van der Waals surface area contributed by atoms with Gasteiger partial charge in [-0.1, -0.05) is 0 Å². The molecular formula is C11H15NO3. The van der Waals surface area contributed by atoms with Gasteiger partial charge in [0.25, 0.3) is 0 Å². The van der Waals surface area contributed by atoms with Crippen molar-refractivity contribution < 1.29 is 14.6 Å². The monoisotopic (exact) mass is 209 g/mol. The van der Waals surface area contributed by atoms with Gasteiger partial charge in [0.15, 0.2) is 0 Å². The minimum Gasteiger partial charge on any atom is -0.465 e. The summed E-state index contributed by atoms with van der Waals surface area (Å²) in [6.45, 7) is 0.199. The number of carbonyl (C=O) groups excluding carboxylic acids is 1. The lowest BCUT2D eigenvalue weighted by molar-refractivity contribution is 0.0600. The van der Waals surface area contributed by atoms with Crippen LogP contribution in [0.1, 0.15) is 28.8 Å². The molecule has 0 aromatic carbocycles. The zero-order chi connectivity index (χ0) is 11.1. The number of hydrogen-bond donors (Lipinski definition) is 1. The summed E-state index contributed by atoms with van der Waals surface area (Å²) in [6, 6.07) is 1.77. The molecule has 0 saturated heterocycles. The molecule has 0 amide bonds. The number of esters is 1. The highest BCUT2D eigenvalue weighted by atomic mass is 16.5. The second-order valence-electron chi connectivity index (χ2n) is 3.25. The zero-order valence-corrected chi connectivity index (χ0v) is 8.77. The Kier molecular flexibility index (Phi) is 4.77. The summed E-state index contributed by atoms with van der Waals surface area (Å²) in [7, 11) is 1.35. The van der Waals surface area contributed by atoms with E-state index in [0.717, 1.165) is 24.8 Å². The fraction of sp³-hybridized carbons (Fsp3) is 0.455. The number of nitrogens with zero attached hydrogens (tertiary/aromatic N) is 1. The van der Waals surface area contributed by atoms with Gasteiger partial charge in [-0.05, 0) is 30.9 Å². The summed E-state index contributed by atoms with van der Waals surface area (Å²) in [5.41, 5.74) is 1.46. The highest BCUT2D eigenvalue weighted by Crippen LogP contribution is 2.07. The summed E-state index contributed by atoms with van der Waals surface area (Å²) in [6.07, 6.45) is 5.69. The summed E-state index contributed by atoms with van der Waals surface area (Å²) >= 11 is 0. The van der Waals surface area contributed by atoms with Crippen LogP contribution in [0.4, 0.5) is 0 Å². The number of carbonyl (C=O) groups is 1. The van der Waals surface area contributed by atoms with Crippen LogP contribution < -0.4 is 0 Å². The van der Waals surface area contributed by atoms with Gasteiger partial charge in [0.1, 0.15) is 0 Å². The van der Waals surface area contributed by atoms with Crippen LogP contribution in [0.2, 0.25) is 0 Å². The van der Waals surface area contributed by atoms with Crippen molar-refractivity contribution in [2.75, 3.05) is 13.7 Å². The number of aliphatic hydroxyl groups excluding tert-OH is 1. The number of ether oxygens (including phenoxy) is 1. The number of rotatable bonds is 5. The molecule has 0 atom stereocenters. The molecule has 1 heterocycles. The van der Waals surface area contributed by atoms with Gasteiger partial charge in [-0.25, -0.2) is 4.79 Å². The molecule has 4 heteroatoms. The molecule has 0 aliphatic rings. The highest BCUT2D eigenvalue weighted by Gasteiger charge is 2.05. The van der Waals surface area contributed by atoms with Gasteiger partial charge in [-0.2, -0.15) is 0 Å². The third-order valence-electron chi connectivity index (χ3n) is 2.09. The second-order valence-corrected chi connectivity index (χ2v) is 3.25. The largest absolute Gasteiger partial charge is 0.465 e. The Morgan fingerprint density at radius 3 is 2.93 bits per heavy atom. The molecule has 15 heavy (non-hydrogen) atoms. The quantitative estimate of drug-likeness (QED) is 0.584. The van der Waals surface area contributed by atoms with Gasteiger partial charge in [0.2, 0.25) is 0 Å². The second kappa shape index (κ2) is 6.14. The topological polar surface area (TPSA) is 59.4 Å².